The Morgan fingerprint density at radius 3 is 2.33 bits per heavy atom. The zero-order valence-electron chi connectivity index (χ0n) is 17.1. The summed E-state index contributed by atoms with van der Waals surface area (Å²) in [6.45, 7) is 3.48. The van der Waals surface area contributed by atoms with E-state index in [0.29, 0.717) is 13.1 Å². The summed E-state index contributed by atoms with van der Waals surface area (Å²) in [5.41, 5.74) is 2.51. The van der Waals surface area contributed by atoms with Crippen molar-refractivity contribution in [2.24, 2.45) is 5.10 Å². The Labute approximate surface area is 177 Å². The van der Waals surface area contributed by atoms with Gasteiger partial charge in [0, 0.05) is 19.0 Å². The van der Waals surface area contributed by atoms with E-state index in [1.807, 2.05) is 48.2 Å². The van der Waals surface area contributed by atoms with Gasteiger partial charge in [-0.2, -0.15) is 5.10 Å². The van der Waals surface area contributed by atoms with Crippen LogP contribution in [0.3, 0.4) is 0 Å². The molecule has 2 heterocycles. The molecular weight excluding hydrogens is 378 g/mol. The summed E-state index contributed by atoms with van der Waals surface area (Å²) in [5, 5.41) is 17.0. The Balaban J connectivity index is 1.86. The van der Waals surface area contributed by atoms with Crippen molar-refractivity contribution in [2.45, 2.75) is 25.3 Å². The van der Waals surface area contributed by atoms with Gasteiger partial charge in [0.2, 0.25) is 0 Å². The average molecular weight is 405 g/mol. The number of carbonyl (C=O) groups excluding carboxylic acids is 1. The lowest BCUT2D eigenvalue weighted by Gasteiger charge is -2.44. The molecule has 1 amide bonds. The van der Waals surface area contributed by atoms with E-state index in [1.54, 1.807) is 11.2 Å². The van der Waals surface area contributed by atoms with Crippen LogP contribution in [0.15, 0.2) is 77.2 Å². The molecule has 0 spiro atoms. The average Bonchev–Trinajstić information content (AvgIpc) is 2.76. The molecule has 30 heavy (non-hydrogen) atoms. The second-order valence-electron chi connectivity index (χ2n) is 7.57. The fraction of sp³-hybridized carbons (Fsp3) is 0.333. The second-order valence-corrected chi connectivity index (χ2v) is 7.57. The predicted octanol–water partition coefficient (Wildman–Crippen LogP) is 3.53. The third-order valence-electron chi connectivity index (χ3n) is 5.55. The molecule has 6 nitrogen and oxygen atoms in total. The lowest BCUT2D eigenvalue weighted by atomic mass is 9.83. The zero-order valence-corrected chi connectivity index (χ0v) is 17.1. The van der Waals surface area contributed by atoms with Crippen LogP contribution in [-0.2, 0) is 9.53 Å². The largest absolute Gasteiger partial charge is 0.507 e. The molecule has 0 bridgehead atoms. The maximum Gasteiger partial charge on any atom is 0.275 e. The molecule has 0 aliphatic carbocycles. The molecule has 1 saturated heterocycles. The number of rotatable bonds is 5. The van der Waals surface area contributed by atoms with E-state index in [-0.39, 0.29) is 42.5 Å². The fourth-order valence-corrected chi connectivity index (χ4v) is 4.26. The summed E-state index contributed by atoms with van der Waals surface area (Å²) in [5.74, 6) is -0.296. The highest BCUT2D eigenvalue weighted by Gasteiger charge is 2.43. The minimum absolute atomic E-state index is 0.00236. The van der Waals surface area contributed by atoms with E-state index < -0.39 is 0 Å². The predicted molar refractivity (Wildman–Crippen MR) is 116 cm³/mol. The number of piperazine rings is 1. The molecule has 0 saturated carbocycles. The maximum atomic E-state index is 13.2. The Kier molecular flexibility index (Phi) is 6.14. The molecule has 1 atom stereocenters. The van der Waals surface area contributed by atoms with Crippen LogP contribution in [-0.4, -0.2) is 59.5 Å². The molecule has 0 radical (unpaired) electrons. The number of hydrogen-bond acceptors (Lipinski definition) is 5. The highest BCUT2D eigenvalue weighted by molar-refractivity contribution is 5.94. The van der Waals surface area contributed by atoms with Gasteiger partial charge in [-0.05, 0) is 17.5 Å². The SMILES string of the molecule is CCCN1C[C@H](C(c2ccccc2)c2ccccc2)N2/N=C\COCC(O)=C2C1=O. The van der Waals surface area contributed by atoms with Crippen LogP contribution < -0.4 is 0 Å². The number of hydrazone groups is 1. The van der Waals surface area contributed by atoms with E-state index in [9.17, 15) is 9.90 Å². The third kappa shape index (κ3) is 3.96. The number of hydrogen-bond donors (Lipinski definition) is 1. The molecule has 6 heteroatoms. The summed E-state index contributed by atoms with van der Waals surface area (Å²) in [6.07, 6.45) is 2.50. The quantitative estimate of drug-likeness (QED) is 0.827. The van der Waals surface area contributed by atoms with E-state index in [4.69, 9.17) is 4.74 Å². The summed E-state index contributed by atoms with van der Waals surface area (Å²) >= 11 is 0. The topological polar surface area (TPSA) is 65.4 Å². The van der Waals surface area contributed by atoms with Gasteiger partial charge in [-0.3, -0.25) is 9.80 Å². The van der Waals surface area contributed by atoms with E-state index in [2.05, 4.69) is 29.4 Å². The number of aliphatic hydroxyl groups is 1. The van der Waals surface area contributed by atoms with Gasteiger partial charge in [-0.15, -0.1) is 0 Å². The molecule has 2 aromatic rings. The smallest absolute Gasteiger partial charge is 0.275 e. The van der Waals surface area contributed by atoms with Crippen LogP contribution in [0, 0.1) is 0 Å². The van der Waals surface area contributed by atoms with Crippen LogP contribution in [0.4, 0.5) is 0 Å². The summed E-state index contributed by atoms with van der Waals surface area (Å²) in [4.78, 5) is 15.0. The fourth-order valence-electron chi connectivity index (χ4n) is 4.26. The molecule has 2 aliphatic heterocycles. The number of ether oxygens (including phenoxy) is 1. The lowest BCUT2D eigenvalue weighted by molar-refractivity contribution is -0.134. The first kappa shape index (κ1) is 20.2. The molecule has 156 valence electrons. The van der Waals surface area contributed by atoms with E-state index >= 15 is 0 Å². The standard InChI is InChI=1S/C24H27N3O3/c1-2-14-26-16-20(27-23(24(26)29)21(28)17-30-15-13-25-27)22(18-9-5-3-6-10-18)19-11-7-4-8-12-19/h3-13,20,22,28H,2,14-17H2,1H3/b23-21?,25-13-/t20-/m1/s1. The Hall–Kier alpha value is -3.12. The van der Waals surface area contributed by atoms with Gasteiger partial charge in [0.25, 0.3) is 5.91 Å². The number of fused-ring (bicyclic) bond motifs is 1. The van der Waals surface area contributed by atoms with Crippen molar-refractivity contribution in [3.63, 3.8) is 0 Å². The van der Waals surface area contributed by atoms with Crippen LogP contribution in [0.25, 0.3) is 0 Å². The van der Waals surface area contributed by atoms with Gasteiger partial charge in [0.15, 0.2) is 5.70 Å². The van der Waals surface area contributed by atoms with Gasteiger partial charge in [-0.1, -0.05) is 67.6 Å². The molecule has 2 aliphatic rings. The molecule has 1 N–H and O–H groups in total. The van der Waals surface area contributed by atoms with Gasteiger partial charge in [0.1, 0.15) is 12.4 Å². The number of aliphatic hydroxyl groups excluding tert-OH is 1. The Morgan fingerprint density at radius 2 is 1.73 bits per heavy atom. The van der Waals surface area contributed by atoms with Crippen molar-refractivity contribution in [3.8, 4) is 0 Å². The highest BCUT2D eigenvalue weighted by Crippen LogP contribution is 2.37. The summed E-state index contributed by atoms with van der Waals surface area (Å²) < 4.78 is 5.39. The Bertz CT molecular complexity index is 888. The van der Waals surface area contributed by atoms with E-state index in [0.717, 1.165) is 17.5 Å². The van der Waals surface area contributed by atoms with Gasteiger partial charge < -0.3 is 14.7 Å². The second kappa shape index (κ2) is 9.13. The number of benzene rings is 2. The third-order valence-corrected chi connectivity index (χ3v) is 5.55. The molecule has 0 aromatic heterocycles. The maximum absolute atomic E-state index is 13.2. The van der Waals surface area contributed by atoms with Crippen molar-refractivity contribution < 1.29 is 14.6 Å². The molecular formula is C24H27N3O3. The first-order valence-electron chi connectivity index (χ1n) is 10.4. The minimum Gasteiger partial charge on any atom is -0.507 e. The number of amides is 1. The van der Waals surface area contributed by atoms with Crippen molar-refractivity contribution in [1.29, 1.82) is 0 Å². The van der Waals surface area contributed by atoms with Crippen molar-refractivity contribution in [3.05, 3.63) is 83.2 Å². The van der Waals surface area contributed by atoms with Gasteiger partial charge in [0.05, 0.1) is 18.9 Å². The normalized spacial score (nSPS) is 20.7. The molecule has 1 fully saturated rings. The molecule has 2 aromatic carbocycles. The van der Waals surface area contributed by atoms with Crippen LogP contribution in [0.5, 0.6) is 0 Å². The Morgan fingerprint density at radius 1 is 1.10 bits per heavy atom. The highest BCUT2D eigenvalue weighted by atomic mass is 16.5. The summed E-state index contributed by atoms with van der Waals surface area (Å²) in [6, 6.07) is 20.4. The van der Waals surface area contributed by atoms with Crippen LogP contribution in [0.2, 0.25) is 0 Å². The molecule has 0 unspecified atom stereocenters. The minimum atomic E-state index is -0.201. The van der Waals surface area contributed by atoms with Crippen molar-refractivity contribution in [2.75, 3.05) is 26.3 Å². The van der Waals surface area contributed by atoms with Crippen molar-refractivity contribution in [1.82, 2.24) is 9.91 Å². The van der Waals surface area contributed by atoms with Crippen molar-refractivity contribution >= 4 is 12.1 Å². The zero-order chi connectivity index (χ0) is 20.9. The lowest BCUT2D eigenvalue weighted by Crippen LogP contribution is -2.56. The van der Waals surface area contributed by atoms with Gasteiger partial charge >= 0.3 is 0 Å². The molecule has 4 rings (SSSR count). The van der Waals surface area contributed by atoms with Gasteiger partial charge in [-0.25, -0.2) is 0 Å². The monoisotopic (exact) mass is 405 g/mol. The number of nitrogens with zero attached hydrogens (tertiary/aromatic N) is 3. The van der Waals surface area contributed by atoms with Crippen LogP contribution >= 0.6 is 0 Å². The first-order valence-corrected chi connectivity index (χ1v) is 10.4. The van der Waals surface area contributed by atoms with E-state index in [1.165, 1.54) is 0 Å². The summed E-state index contributed by atoms with van der Waals surface area (Å²) in [7, 11) is 0. The number of carbonyl (C=O) groups is 1. The first-order chi connectivity index (χ1) is 14.7. The van der Waals surface area contributed by atoms with Crippen LogP contribution in [0.1, 0.15) is 30.4 Å².